The van der Waals surface area contributed by atoms with Crippen LogP contribution in [0.5, 0.6) is 0 Å². The van der Waals surface area contributed by atoms with E-state index in [9.17, 15) is 0 Å². The Bertz CT molecular complexity index is 128. The summed E-state index contributed by atoms with van der Waals surface area (Å²) < 4.78 is 11.3. The molecule has 13 heavy (non-hydrogen) atoms. The highest BCUT2D eigenvalue weighted by Gasteiger charge is 2.23. The summed E-state index contributed by atoms with van der Waals surface area (Å²) in [5, 5.41) is 0. The molecule has 2 nitrogen and oxygen atoms in total. The van der Waals surface area contributed by atoms with E-state index in [1.807, 2.05) is 0 Å². The fourth-order valence-electron chi connectivity index (χ4n) is 1.61. The van der Waals surface area contributed by atoms with Crippen LogP contribution < -0.4 is 0 Å². The second kappa shape index (κ2) is 5.61. The van der Waals surface area contributed by atoms with Crippen LogP contribution in [-0.4, -0.2) is 19.5 Å². The predicted octanol–water partition coefficient (Wildman–Crippen LogP) is 2.82. The van der Waals surface area contributed by atoms with Gasteiger partial charge in [-0.1, -0.05) is 33.6 Å². The molecule has 2 heteroatoms. The first kappa shape index (κ1) is 11.0. The molecule has 0 amide bonds. The lowest BCUT2D eigenvalue weighted by Gasteiger charge is -2.31. The van der Waals surface area contributed by atoms with Gasteiger partial charge in [-0.3, -0.25) is 0 Å². The molecule has 1 aliphatic heterocycles. The Hall–Kier alpha value is -0.0800. The van der Waals surface area contributed by atoms with E-state index in [2.05, 4.69) is 20.8 Å². The van der Waals surface area contributed by atoms with Crippen LogP contribution in [0.4, 0.5) is 0 Å². The smallest absolute Gasteiger partial charge is 0.160 e. The van der Waals surface area contributed by atoms with E-state index in [0.717, 1.165) is 13.2 Å². The van der Waals surface area contributed by atoms with Crippen LogP contribution in [0, 0.1) is 11.8 Å². The lowest BCUT2D eigenvalue weighted by Crippen LogP contribution is -2.35. The van der Waals surface area contributed by atoms with Gasteiger partial charge in [0, 0.05) is 11.8 Å². The van der Waals surface area contributed by atoms with Crippen LogP contribution in [-0.2, 0) is 9.47 Å². The molecule has 1 saturated heterocycles. The number of ether oxygens (including phenoxy) is 2. The van der Waals surface area contributed by atoms with E-state index in [0.29, 0.717) is 11.8 Å². The Morgan fingerprint density at radius 2 is 1.92 bits per heavy atom. The Morgan fingerprint density at radius 3 is 2.46 bits per heavy atom. The second-order valence-corrected chi connectivity index (χ2v) is 4.26. The Labute approximate surface area is 81.6 Å². The SMILES string of the molecule is CCCCC(C)C1OCC(C)CO1. The molecule has 1 fully saturated rings. The van der Waals surface area contributed by atoms with Gasteiger partial charge in [0.2, 0.25) is 0 Å². The van der Waals surface area contributed by atoms with Crippen molar-refractivity contribution < 1.29 is 9.47 Å². The Morgan fingerprint density at radius 1 is 1.31 bits per heavy atom. The van der Waals surface area contributed by atoms with Crippen LogP contribution in [0.3, 0.4) is 0 Å². The highest BCUT2D eigenvalue weighted by Crippen LogP contribution is 2.21. The summed E-state index contributed by atoms with van der Waals surface area (Å²) in [6.45, 7) is 8.32. The first-order valence-corrected chi connectivity index (χ1v) is 5.47. The first-order valence-electron chi connectivity index (χ1n) is 5.47. The quantitative estimate of drug-likeness (QED) is 0.672. The van der Waals surface area contributed by atoms with Crippen LogP contribution in [0.25, 0.3) is 0 Å². The second-order valence-electron chi connectivity index (χ2n) is 4.26. The molecule has 0 aromatic heterocycles. The van der Waals surface area contributed by atoms with Crippen molar-refractivity contribution >= 4 is 0 Å². The minimum absolute atomic E-state index is 0.0581. The van der Waals surface area contributed by atoms with Gasteiger partial charge in [-0.25, -0.2) is 0 Å². The first-order chi connectivity index (χ1) is 6.24. The molecule has 1 heterocycles. The van der Waals surface area contributed by atoms with Gasteiger partial charge >= 0.3 is 0 Å². The summed E-state index contributed by atoms with van der Waals surface area (Å²) in [6, 6.07) is 0. The van der Waals surface area contributed by atoms with Crippen molar-refractivity contribution in [2.24, 2.45) is 11.8 Å². The van der Waals surface area contributed by atoms with Gasteiger partial charge < -0.3 is 9.47 Å². The molecule has 0 aliphatic carbocycles. The highest BCUT2D eigenvalue weighted by atomic mass is 16.7. The predicted molar refractivity (Wildman–Crippen MR) is 53.5 cm³/mol. The molecule has 78 valence electrons. The zero-order valence-electron chi connectivity index (χ0n) is 9.08. The molecule has 1 unspecified atom stereocenters. The number of rotatable bonds is 4. The van der Waals surface area contributed by atoms with Crippen molar-refractivity contribution in [3.05, 3.63) is 0 Å². The van der Waals surface area contributed by atoms with Crippen LogP contribution in [0.15, 0.2) is 0 Å². The zero-order chi connectivity index (χ0) is 9.68. The van der Waals surface area contributed by atoms with E-state index in [4.69, 9.17) is 9.47 Å². The number of hydrogen-bond donors (Lipinski definition) is 0. The Balaban J connectivity index is 2.19. The molecule has 1 aliphatic rings. The average molecular weight is 186 g/mol. The van der Waals surface area contributed by atoms with Crippen LogP contribution in [0.1, 0.15) is 40.0 Å². The minimum Gasteiger partial charge on any atom is -0.352 e. The van der Waals surface area contributed by atoms with Crippen molar-refractivity contribution in [1.29, 1.82) is 0 Å². The largest absolute Gasteiger partial charge is 0.352 e. The summed E-state index contributed by atoms with van der Waals surface area (Å²) in [5.74, 6) is 1.11. The summed E-state index contributed by atoms with van der Waals surface area (Å²) in [5.41, 5.74) is 0. The van der Waals surface area contributed by atoms with Gasteiger partial charge in [0.25, 0.3) is 0 Å². The fraction of sp³-hybridized carbons (Fsp3) is 1.00. The van der Waals surface area contributed by atoms with Gasteiger partial charge in [0.1, 0.15) is 0 Å². The third-order valence-electron chi connectivity index (χ3n) is 2.57. The maximum Gasteiger partial charge on any atom is 0.160 e. The van der Waals surface area contributed by atoms with Crippen molar-refractivity contribution in [1.82, 2.24) is 0 Å². The van der Waals surface area contributed by atoms with Crippen molar-refractivity contribution in [3.8, 4) is 0 Å². The maximum atomic E-state index is 5.63. The third kappa shape index (κ3) is 3.65. The monoisotopic (exact) mass is 186 g/mol. The highest BCUT2D eigenvalue weighted by molar-refractivity contribution is 4.63. The van der Waals surface area contributed by atoms with Crippen molar-refractivity contribution in [2.45, 2.75) is 46.3 Å². The molecule has 0 saturated carbocycles. The van der Waals surface area contributed by atoms with Crippen LogP contribution in [0.2, 0.25) is 0 Å². The van der Waals surface area contributed by atoms with E-state index in [-0.39, 0.29) is 6.29 Å². The lowest BCUT2D eigenvalue weighted by atomic mass is 10.0. The van der Waals surface area contributed by atoms with Gasteiger partial charge in [-0.2, -0.15) is 0 Å². The third-order valence-corrected chi connectivity index (χ3v) is 2.57. The molecular formula is C11H22O2. The number of unbranched alkanes of at least 4 members (excludes halogenated alkanes) is 1. The summed E-state index contributed by atoms with van der Waals surface area (Å²) in [4.78, 5) is 0. The molecule has 0 bridgehead atoms. The zero-order valence-corrected chi connectivity index (χ0v) is 9.08. The Kier molecular flexibility index (Phi) is 4.74. The van der Waals surface area contributed by atoms with Crippen molar-refractivity contribution in [3.63, 3.8) is 0 Å². The van der Waals surface area contributed by atoms with E-state index in [1.165, 1.54) is 19.3 Å². The van der Waals surface area contributed by atoms with Gasteiger partial charge in [-0.05, 0) is 6.42 Å². The minimum atomic E-state index is 0.0581. The molecular weight excluding hydrogens is 164 g/mol. The van der Waals surface area contributed by atoms with Crippen LogP contribution >= 0.6 is 0 Å². The summed E-state index contributed by atoms with van der Waals surface area (Å²) in [6.07, 6.45) is 3.81. The van der Waals surface area contributed by atoms with Gasteiger partial charge in [0.05, 0.1) is 13.2 Å². The number of hydrogen-bond acceptors (Lipinski definition) is 2. The van der Waals surface area contributed by atoms with E-state index < -0.39 is 0 Å². The molecule has 0 spiro atoms. The summed E-state index contributed by atoms with van der Waals surface area (Å²) in [7, 11) is 0. The standard InChI is InChI=1S/C11H22O2/c1-4-5-6-10(3)11-12-7-9(2)8-13-11/h9-11H,4-8H2,1-3H3. The molecule has 1 atom stereocenters. The van der Waals surface area contributed by atoms with Gasteiger partial charge in [-0.15, -0.1) is 0 Å². The maximum absolute atomic E-state index is 5.63. The lowest BCUT2D eigenvalue weighted by molar-refractivity contribution is -0.220. The molecule has 0 N–H and O–H groups in total. The fourth-order valence-corrected chi connectivity index (χ4v) is 1.61. The van der Waals surface area contributed by atoms with Crippen molar-refractivity contribution in [2.75, 3.05) is 13.2 Å². The molecule has 0 aromatic carbocycles. The molecule has 0 aromatic rings. The topological polar surface area (TPSA) is 18.5 Å². The van der Waals surface area contributed by atoms with E-state index in [1.54, 1.807) is 0 Å². The summed E-state index contributed by atoms with van der Waals surface area (Å²) >= 11 is 0. The van der Waals surface area contributed by atoms with E-state index >= 15 is 0 Å². The average Bonchev–Trinajstić information content (AvgIpc) is 2.15. The normalized spacial score (nSPS) is 31.6. The molecule has 1 rings (SSSR count). The molecule has 0 radical (unpaired) electrons. The van der Waals surface area contributed by atoms with Gasteiger partial charge in [0.15, 0.2) is 6.29 Å².